The molecule has 0 bridgehead atoms. The first-order valence-electron chi connectivity index (χ1n) is 15.6. The Morgan fingerprint density at radius 2 is 1.79 bits per heavy atom. The fourth-order valence-corrected chi connectivity index (χ4v) is 9.65. The van der Waals surface area contributed by atoms with Gasteiger partial charge in [-0.05, 0) is 116 Å². The molecule has 3 nitrogen and oxygen atoms in total. The molecule has 0 amide bonds. The minimum absolute atomic E-state index is 0.0366. The van der Waals surface area contributed by atoms with E-state index < -0.39 is 0 Å². The second kappa shape index (κ2) is 10.8. The van der Waals surface area contributed by atoms with Gasteiger partial charge in [0.25, 0.3) is 0 Å². The van der Waals surface area contributed by atoms with E-state index >= 15 is 0 Å². The van der Waals surface area contributed by atoms with Crippen molar-refractivity contribution in [1.29, 1.82) is 5.26 Å². The van der Waals surface area contributed by atoms with Crippen molar-refractivity contribution in [3.05, 3.63) is 47.0 Å². The number of carbonyl (C=O) groups excluding carboxylic acids is 1. The van der Waals surface area contributed by atoms with Gasteiger partial charge in [-0.1, -0.05) is 65.5 Å². The van der Waals surface area contributed by atoms with Crippen LogP contribution in [-0.4, -0.2) is 12.1 Å². The van der Waals surface area contributed by atoms with Crippen molar-refractivity contribution >= 4 is 5.97 Å². The highest BCUT2D eigenvalue weighted by atomic mass is 16.5. The van der Waals surface area contributed by atoms with Crippen molar-refractivity contribution in [2.45, 2.75) is 111 Å². The molecule has 8 atom stereocenters. The van der Waals surface area contributed by atoms with Crippen LogP contribution < -0.4 is 0 Å². The third kappa shape index (κ3) is 4.98. The van der Waals surface area contributed by atoms with Crippen molar-refractivity contribution < 1.29 is 9.53 Å². The lowest BCUT2D eigenvalue weighted by molar-refractivity contribution is -0.0594. The summed E-state index contributed by atoms with van der Waals surface area (Å²) in [6.07, 6.45) is 16.5. The highest BCUT2D eigenvalue weighted by Crippen LogP contribution is 2.67. The summed E-state index contributed by atoms with van der Waals surface area (Å²) in [5.74, 6) is 4.80. The SMILES string of the molecule is CC(C)CCC[C@@H](C)[C@H]1CC[C@H]2[C@@H]3CC=C4C[C@@H](OC(=O)c5ccc(C#N)cc5)CC[C@]4(C)[C@H]3CC[C@]12C. The molecule has 1 aromatic rings. The number of hydrogen-bond donors (Lipinski definition) is 0. The monoisotopic (exact) mass is 515 g/mol. The van der Waals surface area contributed by atoms with Crippen molar-refractivity contribution in [2.75, 3.05) is 0 Å². The molecule has 0 spiro atoms. The maximum absolute atomic E-state index is 12.8. The predicted octanol–water partition coefficient (Wildman–Crippen LogP) is 9.13. The van der Waals surface area contributed by atoms with Gasteiger partial charge >= 0.3 is 5.97 Å². The lowest BCUT2D eigenvalue weighted by Crippen LogP contribution is -2.51. The van der Waals surface area contributed by atoms with Gasteiger partial charge in [0.15, 0.2) is 0 Å². The van der Waals surface area contributed by atoms with E-state index in [1.807, 2.05) is 0 Å². The van der Waals surface area contributed by atoms with Gasteiger partial charge in [-0.15, -0.1) is 0 Å². The Balaban J connectivity index is 1.24. The molecule has 3 saturated carbocycles. The number of carbonyl (C=O) groups is 1. The number of ether oxygens (including phenoxy) is 1. The number of benzene rings is 1. The number of fused-ring (bicyclic) bond motifs is 5. The molecular formula is C35H49NO2. The van der Waals surface area contributed by atoms with Gasteiger partial charge in [0.1, 0.15) is 6.10 Å². The second-order valence-corrected chi connectivity index (χ2v) is 14.2. The lowest BCUT2D eigenvalue weighted by Gasteiger charge is -2.58. The van der Waals surface area contributed by atoms with E-state index in [0.29, 0.717) is 16.5 Å². The maximum atomic E-state index is 12.8. The molecule has 0 aliphatic heterocycles. The van der Waals surface area contributed by atoms with E-state index in [0.717, 1.165) is 54.8 Å². The first-order valence-corrected chi connectivity index (χ1v) is 15.6. The van der Waals surface area contributed by atoms with Crippen LogP contribution in [0.4, 0.5) is 0 Å². The third-order valence-electron chi connectivity index (χ3n) is 11.8. The molecule has 5 rings (SSSR count). The van der Waals surface area contributed by atoms with Crippen LogP contribution in [0.15, 0.2) is 35.9 Å². The molecule has 4 aliphatic carbocycles. The summed E-state index contributed by atoms with van der Waals surface area (Å²) < 4.78 is 5.99. The quantitative estimate of drug-likeness (QED) is 0.269. The second-order valence-electron chi connectivity index (χ2n) is 14.2. The summed E-state index contributed by atoms with van der Waals surface area (Å²) in [6.45, 7) is 12.5. The molecule has 0 heterocycles. The summed E-state index contributed by atoms with van der Waals surface area (Å²) in [5, 5.41) is 9.02. The molecule has 38 heavy (non-hydrogen) atoms. The number of nitriles is 1. The lowest BCUT2D eigenvalue weighted by atomic mass is 9.47. The summed E-state index contributed by atoms with van der Waals surface area (Å²) in [6, 6.07) is 8.90. The van der Waals surface area contributed by atoms with Crippen LogP contribution in [0.2, 0.25) is 0 Å². The Hall–Kier alpha value is -2.08. The molecule has 0 unspecified atom stereocenters. The normalized spacial score (nSPS) is 36.9. The van der Waals surface area contributed by atoms with E-state index in [2.05, 4.69) is 46.8 Å². The molecule has 0 aromatic heterocycles. The standard InChI is InChI=1S/C35H49NO2/c1-23(2)7-6-8-24(3)30-15-16-31-29-14-13-27-21-28(38-33(37)26-11-9-25(22-36)10-12-26)17-19-34(27,4)32(29)18-20-35(30,31)5/h9-13,23-24,28-32H,6-8,14-21H2,1-5H3/t24-,28+,29+,30-,31+,32+,34+,35-/m1/s1. The first-order chi connectivity index (χ1) is 18.2. The maximum Gasteiger partial charge on any atom is 0.338 e. The van der Waals surface area contributed by atoms with E-state index in [4.69, 9.17) is 10.00 Å². The number of nitrogens with zero attached hydrogens (tertiary/aromatic N) is 1. The molecule has 206 valence electrons. The fourth-order valence-electron chi connectivity index (χ4n) is 9.65. The Morgan fingerprint density at radius 1 is 1.03 bits per heavy atom. The zero-order valence-corrected chi connectivity index (χ0v) is 24.5. The zero-order chi connectivity index (χ0) is 27.1. The molecule has 0 saturated heterocycles. The van der Waals surface area contributed by atoms with Crippen LogP contribution >= 0.6 is 0 Å². The summed E-state index contributed by atoms with van der Waals surface area (Å²) in [4.78, 5) is 12.8. The van der Waals surface area contributed by atoms with Gasteiger partial charge < -0.3 is 4.74 Å². The van der Waals surface area contributed by atoms with Crippen molar-refractivity contribution in [3.63, 3.8) is 0 Å². The van der Waals surface area contributed by atoms with Crippen molar-refractivity contribution in [3.8, 4) is 6.07 Å². The highest BCUT2D eigenvalue weighted by molar-refractivity contribution is 5.89. The van der Waals surface area contributed by atoms with Crippen LogP contribution in [0.25, 0.3) is 0 Å². The van der Waals surface area contributed by atoms with Gasteiger partial charge in [0, 0.05) is 6.42 Å². The minimum Gasteiger partial charge on any atom is -0.458 e. The molecule has 0 N–H and O–H groups in total. The number of allylic oxidation sites excluding steroid dienone is 1. The number of hydrogen-bond acceptors (Lipinski definition) is 3. The van der Waals surface area contributed by atoms with Crippen molar-refractivity contribution in [1.82, 2.24) is 0 Å². The van der Waals surface area contributed by atoms with Crippen molar-refractivity contribution in [2.24, 2.45) is 46.3 Å². The summed E-state index contributed by atoms with van der Waals surface area (Å²) >= 11 is 0. The highest BCUT2D eigenvalue weighted by Gasteiger charge is 2.59. The topological polar surface area (TPSA) is 50.1 Å². The zero-order valence-electron chi connectivity index (χ0n) is 24.5. The Bertz CT molecular complexity index is 1080. The first kappa shape index (κ1) is 27.5. The van der Waals surface area contributed by atoms with Gasteiger partial charge in [0.2, 0.25) is 0 Å². The summed E-state index contributed by atoms with van der Waals surface area (Å²) in [5.41, 5.74) is 3.45. The van der Waals surface area contributed by atoms with Gasteiger partial charge in [-0.25, -0.2) is 4.79 Å². The van der Waals surface area contributed by atoms with Crippen LogP contribution in [0.5, 0.6) is 0 Å². The van der Waals surface area contributed by atoms with Crippen LogP contribution in [-0.2, 0) is 4.74 Å². The Labute approximate surface area is 231 Å². The summed E-state index contributed by atoms with van der Waals surface area (Å²) in [7, 11) is 0. The molecule has 3 fully saturated rings. The number of esters is 1. The molecule has 1 aromatic carbocycles. The van der Waals surface area contributed by atoms with E-state index in [1.54, 1.807) is 29.8 Å². The van der Waals surface area contributed by atoms with Gasteiger partial charge in [-0.2, -0.15) is 5.26 Å². The predicted molar refractivity (Wildman–Crippen MR) is 153 cm³/mol. The molecule has 3 heteroatoms. The average molecular weight is 516 g/mol. The van der Waals surface area contributed by atoms with Gasteiger partial charge in [0.05, 0.1) is 17.2 Å². The van der Waals surface area contributed by atoms with Crippen LogP contribution in [0.1, 0.15) is 121 Å². The van der Waals surface area contributed by atoms with E-state index in [1.165, 1.54) is 51.4 Å². The minimum atomic E-state index is -0.259. The Morgan fingerprint density at radius 3 is 2.50 bits per heavy atom. The van der Waals surface area contributed by atoms with E-state index in [9.17, 15) is 4.79 Å². The average Bonchev–Trinajstić information content (AvgIpc) is 3.26. The molecule has 4 aliphatic rings. The Kier molecular flexibility index (Phi) is 7.83. The third-order valence-corrected chi connectivity index (χ3v) is 11.8. The smallest absolute Gasteiger partial charge is 0.338 e. The molecule has 0 radical (unpaired) electrons. The number of rotatable bonds is 7. The fraction of sp³-hybridized carbons (Fsp3) is 0.714. The molecular weight excluding hydrogens is 466 g/mol. The van der Waals surface area contributed by atoms with Crippen LogP contribution in [0.3, 0.4) is 0 Å². The van der Waals surface area contributed by atoms with Gasteiger partial charge in [-0.3, -0.25) is 0 Å². The van der Waals surface area contributed by atoms with E-state index in [-0.39, 0.29) is 17.5 Å². The van der Waals surface area contributed by atoms with Crippen LogP contribution in [0, 0.1) is 57.7 Å². The largest absolute Gasteiger partial charge is 0.458 e.